The van der Waals surface area contributed by atoms with Crippen molar-refractivity contribution in [2.24, 2.45) is 7.05 Å². The van der Waals surface area contributed by atoms with Crippen LogP contribution in [0.4, 0.5) is 13.2 Å². The van der Waals surface area contributed by atoms with Gasteiger partial charge in [0.25, 0.3) is 0 Å². The number of halogens is 3. The van der Waals surface area contributed by atoms with Crippen LogP contribution in [0.3, 0.4) is 0 Å². The van der Waals surface area contributed by atoms with Crippen molar-refractivity contribution in [1.82, 2.24) is 14.9 Å². The van der Waals surface area contributed by atoms with Gasteiger partial charge >= 0.3 is 6.18 Å². The SMILES string of the molecule is COC1CNC(c2nc3cc(C(F)(F)F)ccc3n2C)C1. The zero-order valence-electron chi connectivity index (χ0n) is 11.7. The summed E-state index contributed by atoms with van der Waals surface area (Å²) in [4.78, 5) is 4.38. The molecular weight excluding hydrogens is 283 g/mol. The summed E-state index contributed by atoms with van der Waals surface area (Å²) < 4.78 is 45.4. The summed E-state index contributed by atoms with van der Waals surface area (Å²) in [5, 5.41) is 3.29. The maximum Gasteiger partial charge on any atom is 0.416 e. The van der Waals surface area contributed by atoms with E-state index in [9.17, 15) is 13.2 Å². The van der Waals surface area contributed by atoms with E-state index in [-0.39, 0.29) is 12.1 Å². The number of hydrogen-bond donors (Lipinski definition) is 1. The Balaban J connectivity index is 2.00. The number of nitrogens with zero attached hydrogens (tertiary/aromatic N) is 2. The van der Waals surface area contributed by atoms with Crippen molar-refractivity contribution in [2.45, 2.75) is 24.7 Å². The van der Waals surface area contributed by atoms with Crippen LogP contribution < -0.4 is 5.32 Å². The molecule has 1 aliphatic rings. The summed E-state index contributed by atoms with van der Waals surface area (Å²) in [5.74, 6) is 0.740. The quantitative estimate of drug-likeness (QED) is 0.926. The van der Waals surface area contributed by atoms with Crippen LogP contribution in [0.5, 0.6) is 0 Å². The average molecular weight is 299 g/mol. The van der Waals surface area contributed by atoms with Crippen LogP contribution in [0, 0.1) is 0 Å². The molecule has 2 atom stereocenters. The number of hydrogen-bond acceptors (Lipinski definition) is 3. The second kappa shape index (κ2) is 4.99. The third-order valence-electron chi connectivity index (χ3n) is 3.98. The van der Waals surface area contributed by atoms with Crippen LogP contribution in [0.1, 0.15) is 23.9 Å². The Hall–Kier alpha value is -1.60. The van der Waals surface area contributed by atoms with E-state index in [0.717, 1.165) is 30.9 Å². The van der Waals surface area contributed by atoms with E-state index in [4.69, 9.17) is 4.74 Å². The molecule has 1 saturated heterocycles. The van der Waals surface area contributed by atoms with Crippen LogP contribution in [-0.4, -0.2) is 29.3 Å². The lowest BCUT2D eigenvalue weighted by atomic mass is 10.2. The monoisotopic (exact) mass is 299 g/mol. The summed E-state index contributed by atoms with van der Waals surface area (Å²) in [6, 6.07) is 3.66. The second-order valence-corrected chi connectivity index (χ2v) is 5.28. The molecule has 0 aliphatic carbocycles. The van der Waals surface area contributed by atoms with Crippen LogP contribution >= 0.6 is 0 Å². The van der Waals surface area contributed by atoms with Crippen LogP contribution in [-0.2, 0) is 18.0 Å². The van der Waals surface area contributed by atoms with Gasteiger partial charge in [0.15, 0.2) is 0 Å². The highest BCUT2D eigenvalue weighted by atomic mass is 19.4. The molecule has 1 fully saturated rings. The number of ether oxygens (including phenoxy) is 1. The Bertz CT molecular complexity index is 665. The number of aryl methyl sites for hydroxylation is 1. The summed E-state index contributed by atoms with van der Waals surface area (Å²) in [7, 11) is 3.47. The van der Waals surface area contributed by atoms with Gasteiger partial charge in [0, 0.05) is 20.7 Å². The van der Waals surface area contributed by atoms with Crippen molar-refractivity contribution < 1.29 is 17.9 Å². The van der Waals surface area contributed by atoms with Crippen molar-refractivity contribution in [3.8, 4) is 0 Å². The first-order valence-electron chi connectivity index (χ1n) is 6.70. The van der Waals surface area contributed by atoms with Crippen LogP contribution in [0.15, 0.2) is 18.2 Å². The number of rotatable bonds is 2. The standard InChI is InChI=1S/C14H16F3N3O/c1-20-12-4-3-8(14(15,16)17)5-10(12)19-13(20)11-6-9(21-2)7-18-11/h3-5,9,11,18H,6-7H2,1-2H3. The lowest BCUT2D eigenvalue weighted by Gasteiger charge is -2.10. The zero-order valence-corrected chi connectivity index (χ0v) is 11.7. The number of methoxy groups -OCH3 is 1. The third-order valence-corrected chi connectivity index (χ3v) is 3.98. The maximum absolute atomic E-state index is 12.8. The number of alkyl halides is 3. The zero-order chi connectivity index (χ0) is 15.2. The van der Waals surface area contributed by atoms with Gasteiger partial charge in [-0.3, -0.25) is 0 Å². The highest BCUT2D eigenvalue weighted by molar-refractivity contribution is 5.77. The lowest BCUT2D eigenvalue weighted by Crippen LogP contribution is -2.18. The van der Waals surface area contributed by atoms with E-state index in [0.29, 0.717) is 11.0 Å². The molecule has 3 rings (SSSR count). The molecule has 2 unspecified atom stereocenters. The Morgan fingerprint density at radius 2 is 2.14 bits per heavy atom. The minimum atomic E-state index is -4.35. The molecule has 21 heavy (non-hydrogen) atoms. The number of nitrogens with one attached hydrogen (secondary N) is 1. The molecule has 4 nitrogen and oxygen atoms in total. The molecule has 0 amide bonds. The van der Waals surface area contributed by atoms with Crippen molar-refractivity contribution in [3.05, 3.63) is 29.6 Å². The molecule has 0 spiro atoms. The van der Waals surface area contributed by atoms with Gasteiger partial charge in [0.2, 0.25) is 0 Å². The van der Waals surface area contributed by atoms with Gasteiger partial charge in [-0.15, -0.1) is 0 Å². The number of aromatic nitrogens is 2. The van der Waals surface area contributed by atoms with Crippen molar-refractivity contribution >= 4 is 11.0 Å². The molecule has 0 radical (unpaired) electrons. The molecule has 1 aromatic heterocycles. The lowest BCUT2D eigenvalue weighted by molar-refractivity contribution is -0.137. The molecule has 1 aliphatic heterocycles. The molecule has 1 N–H and O–H groups in total. The smallest absolute Gasteiger partial charge is 0.380 e. The second-order valence-electron chi connectivity index (χ2n) is 5.28. The molecule has 114 valence electrons. The highest BCUT2D eigenvalue weighted by Gasteiger charge is 2.32. The van der Waals surface area contributed by atoms with E-state index in [2.05, 4.69) is 10.3 Å². The van der Waals surface area contributed by atoms with E-state index in [1.165, 1.54) is 6.07 Å². The Kier molecular flexibility index (Phi) is 3.41. The van der Waals surface area contributed by atoms with Gasteiger partial charge in [-0.2, -0.15) is 13.2 Å². The van der Waals surface area contributed by atoms with Crippen LogP contribution in [0.2, 0.25) is 0 Å². The highest BCUT2D eigenvalue weighted by Crippen LogP contribution is 2.33. The summed E-state index contributed by atoms with van der Waals surface area (Å²) in [5.41, 5.74) is 0.388. The van der Waals surface area contributed by atoms with Gasteiger partial charge < -0.3 is 14.6 Å². The van der Waals surface area contributed by atoms with Gasteiger partial charge in [0.05, 0.1) is 28.7 Å². The normalized spacial score (nSPS) is 23.1. The van der Waals surface area contributed by atoms with Gasteiger partial charge in [-0.05, 0) is 24.6 Å². The predicted octanol–water partition coefficient (Wildman–Crippen LogP) is 2.64. The van der Waals surface area contributed by atoms with Gasteiger partial charge in [0.1, 0.15) is 5.82 Å². The fourth-order valence-corrected chi connectivity index (χ4v) is 2.79. The summed E-state index contributed by atoms with van der Waals surface area (Å²) in [6.07, 6.45) is -3.47. The maximum atomic E-state index is 12.8. The molecule has 7 heteroatoms. The molecule has 0 saturated carbocycles. The molecule has 1 aromatic carbocycles. The minimum absolute atomic E-state index is 0.00156. The first-order valence-corrected chi connectivity index (χ1v) is 6.70. The largest absolute Gasteiger partial charge is 0.416 e. The van der Waals surface area contributed by atoms with E-state index in [1.54, 1.807) is 7.11 Å². The fraction of sp³-hybridized carbons (Fsp3) is 0.500. The predicted molar refractivity (Wildman–Crippen MR) is 71.9 cm³/mol. The number of imidazole rings is 1. The van der Waals surface area contributed by atoms with E-state index < -0.39 is 11.7 Å². The topological polar surface area (TPSA) is 39.1 Å². The molecule has 0 bridgehead atoms. The molecular formula is C14H16F3N3O. The van der Waals surface area contributed by atoms with Gasteiger partial charge in [-0.25, -0.2) is 4.98 Å². The Morgan fingerprint density at radius 3 is 2.76 bits per heavy atom. The molecule has 2 heterocycles. The number of fused-ring (bicyclic) bond motifs is 1. The van der Waals surface area contributed by atoms with Crippen LogP contribution in [0.25, 0.3) is 11.0 Å². The third kappa shape index (κ3) is 2.51. The first kappa shape index (κ1) is 14.3. The van der Waals surface area contributed by atoms with E-state index in [1.807, 2.05) is 11.6 Å². The Morgan fingerprint density at radius 1 is 1.38 bits per heavy atom. The van der Waals surface area contributed by atoms with Crippen molar-refractivity contribution in [1.29, 1.82) is 0 Å². The fourth-order valence-electron chi connectivity index (χ4n) is 2.79. The van der Waals surface area contributed by atoms with E-state index >= 15 is 0 Å². The molecule has 2 aromatic rings. The average Bonchev–Trinajstić information content (AvgIpc) is 3.02. The van der Waals surface area contributed by atoms with Crippen molar-refractivity contribution in [2.75, 3.05) is 13.7 Å². The minimum Gasteiger partial charge on any atom is -0.380 e. The van der Waals surface area contributed by atoms with Gasteiger partial charge in [-0.1, -0.05) is 0 Å². The number of benzene rings is 1. The van der Waals surface area contributed by atoms with Crippen molar-refractivity contribution in [3.63, 3.8) is 0 Å². The Labute approximate surface area is 119 Å². The summed E-state index contributed by atoms with van der Waals surface area (Å²) >= 11 is 0. The first-order chi connectivity index (χ1) is 9.90. The summed E-state index contributed by atoms with van der Waals surface area (Å²) in [6.45, 7) is 0.720.